The van der Waals surface area contributed by atoms with Gasteiger partial charge >= 0.3 is 5.97 Å². The van der Waals surface area contributed by atoms with Gasteiger partial charge in [-0.15, -0.1) is 0 Å². The van der Waals surface area contributed by atoms with Crippen LogP contribution in [-0.2, 0) is 9.53 Å². The van der Waals surface area contributed by atoms with Crippen LogP contribution in [0.25, 0.3) is 33.5 Å². The number of carbonyl (C=O) groups is 2. The van der Waals surface area contributed by atoms with Gasteiger partial charge in [-0.1, -0.05) is 85.8 Å². The summed E-state index contributed by atoms with van der Waals surface area (Å²) in [6.45, 7) is 1.80. The van der Waals surface area contributed by atoms with Crippen LogP contribution in [0.5, 0.6) is 0 Å². The van der Waals surface area contributed by atoms with Gasteiger partial charge in [0.15, 0.2) is 6.10 Å². The molecule has 1 heterocycles. The third-order valence-corrected chi connectivity index (χ3v) is 5.95. The Morgan fingerprint density at radius 3 is 1.84 bits per heavy atom. The molecule has 1 N–H and O–H groups in total. The molecule has 0 aliphatic heterocycles. The van der Waals surface area contributed by atoms with Crippen molar-refractivity contribution < 1.29 is 14.3 Å². The number of hydrogen-bond donors (Lipinski definition) is 1. The zero-order valence-corrected chi connectivity index (χ0v) is 20.3. The molecule has 5 rings (SSSR count). The number of benzene rings is 4. The summed E-state index contributed by atoms with van der Waals surface area (Å²) in [5.41, 5.74) is 5.53. The number of esters is 1. The summed E-state index contributed by atoms with van der Waals surface area (Å²) in [6.07, 6.45) is -0.578. The fraction of sp³-hybridized carbons (Fsp3) is 0.0968. The topological polar surface area (TPSA) is 81.2 Å². The SMILES string of the molecule is CCC(OC(=O)c1ccc2nc(-c3ccccc3)c(-c3ccccc3)nc2c1)C(=O)Nc1ccccc1. The van der Waals surface area contributed by atoms with E-state index >= 15 is 0 Å². The van der Waals surface area contributed by atoms with E-state index in [1.807, 2.05) is 78.9 Å². The normalized spacial score (nSPS) is 11.6. The lowest BCUT2D eigenvalue weighted by molar-refractivity contribution is -0.124. The van der Waals surface area contributed by atoms with Gasteiger partial charge < -0.3 is 10.1 Å². The first-order valence-electron chi connectivity index (χ1n) is 12.1. The lowest BCUT2D eigenvalue weighted by Gasteiger charge is -2.16. The second kappa shape index (κ2) is 10.8. The van der Waals surface area contributed by atoms with Crippen LogP contribution in [0.15, 0.2) is 109 Å². The van der Waals surface area contributed by atoms with Crippen LogP contribution in [0, 0.1) is 0 Å². The second-order valence-electron chi connectivity index (χ2n) is 8.51. The van der Waals surface area contributed by atoms with E-state index in [-0.39, 0.29) is 5.91 Å². The minimum absolute atomic E-state index is 0.305. The molecular weight excluding hydrogens is 462 g/mol. The van der Waals surface area contributed by atoms with Crippen LogP contribution in [-0.4, -0.2) is 27.9 Å². The van der Waals surface area contributed by atoms with E-state index < -0.39 is 12.1 Å². The smallest absolute Gasteiger partial charge is 0.338 e. The molecule has 1 amide bonds. The van der Waals surface area contributed by atoms with E-state index in [1.165, 1.54) is 0 Å². The highest BCUT2D eigenvalue weighted by molar-refractivity contribution is 5.99. The van der Waals surface area contributed by atoms with E-state index in [2.05, 4.69) is 5.32 Å². The Hall–Kier alpha value is -4.84. The molecule has 0 bridgehead atoms. The molecule has 0 radical (unpaired) electrons. The van der Waals surface area contributed by atoms with Crippen LogP contribution < -0.4 is 5.32 Å². The van der Waals surface area contributed by atoms with Crippen LogP contribution in [0.3, 0.4) is 0 Å². The van der Waals surface area contributed by atoms with Crippen LogP contribution in [0.2, 0.25) is 0 Å². The molecule has 1 atom stereocenters. The lowest BCUT2D eigenvalue weighted by atomic mass is 10.0. The van der Waals surface area contributed by atoms with Gasteiger partial charge in [0, 0.05) is 16.8 Å². The average Bonchev–Trinajstić information content (AvgIpc) is 2.96. The van der Waals surface area contributed by atoms with Crippen molar-refractivity contribution in [1.29, 1.82) is 0 Å². The number of nitrogens with one attached hydrogen (secondary N) is 1. The Balaban J connectivity index is 1.46. The third-order valence-electron chi connectivity index (χ3n) is 5.95. The number of carbonyl (C=O) groups excluding carboxylic acids is 2. The van der Waals surface area contributed by atoms with E-state index in [0.717, 1.165) is 22.5 Å². The highest BCUT2D eigenvalue weighted by atomic mass is 16.5. The standard InChI is InChI=1S/C31H25N3O3/c1-2-27(30(35)32-24-16-10-5-11-17-24)37-31(36)23-18-19-25-26(20-23)34-29(22-14-8-4-9-15-22)28(33-25)21-12-6-3-7-13-21/h3-20,27H,2H2,1H3,(H,32,35). The summed E-state index contributed by atoms with van der Waals surface area (Å²) in [5, 5.41) is 2.79. The molecule has 1 aromatic heterocycles. The largest absolute Gasteiger partial charge is 0.449 e. The number of ether oxygens (including phenoxy) is 1. The molecule has 0 spiro atoms. The summed E-state index contributed by atoms with van der Waals surface area (Å²) in [5.74, 6) is -0.964. The molecule has 37 heavy (non-hydrogen) atoms. The molecule has 182 valence electrons. The van der Waals surface area contributed by atoms with Crippen molar-refractivity contribution in [2.45, 2.75) is 19.4 Å². The average molecular weight is 488 g/mol. The maximum atomic E-state index is 13.0. The molecule has 1 unspecified atom stereocenters. The predicted octanol–water partition coefficient (Wildman–Crippen LogP) is 6.54. The van der Waals surface area contributed by atoms with Crippen LogP contribution >= 0.6 is 0 Å². The molecule has 6 heteroatoms. The highest BCUT2D eigenvalue weighted by Crippen LogP contribution is 2.31. The van der Waals surface area contributed by atoms with Gasteiger partial charge in [-0.3, -0.25) is 4.79 Å². The number of aromatic nitrogens is 2. The van der Waals surface area contributed by atoms with Crippen LogP contribution in [0.1, 0.15) is 23.7 Å². The maximum absolute atomic E-state index is 13.0. The summed E-state index contributed by atoms with van der Waals surface area (Å²) in [6, 6.07) is 33.9. The summed E-state index contributed by atoms with van der Waals surface area (Å²) in [7, 11) is 0. The molecule has 4 aromatic carbocycles. The first-order valence-corrected chi connectivity index (χ1v) is 12.1. The van der Waals surface area contributed by atoms with Crippen LogP contribution in [0.4, 0.5) is 5.69 Å². The number of fused-ring (bicyclic) bond motifs is 1. The molecule has 0 saturated carbocycles. The Morgan fingerprint density at radius 1 is 0.730 bits per heavy atom. The first kappa shape index (κ1) is 23.9. The van der Waals surface area contributed by atoms with E-state index in [4.69, 9.17) is 14.7 Å². The van der Waals surface area contributed by atoms with Gasteiger partial charge in [-0.25, -0.2) is 14.8 Å². The van der Waals surface area contributed by atoms with E-state index in [0.29, 0.717) is 28.7 Å². The molecule has 0 saturated heterocycles. The number of amides is 1. The predicted molar refractivity (Wildman–Crippen MR) is 145 cm³/mol. The minimum Gasteiger partial charge on any atom is -0.449 e. The van der Waals surface area contributed by atoms with Crippen molar-refractivity contribution in [3.05, 3.63) is 115 Å². The summed E-state index contributed by atoms with van der Waals surface area (Å²) >= 11 is 0. The number of nitrogens with zero attached hydrogens (tertiary/aromatic N) is 2. The zero-order valence-electron chi connectivity index (χ0n) is 20.3. The number of para-hydroxylation sites is 1. The Labute approximate surface area is 215 Å². The van der Waals surface area contributed by atoms with Gasteiger partial charge in [-0.2, -0.15) is 0 Å². The van der Waals surface area contributed by atoms with E-state index in [9.17, 15) is 9.59 Å². The number of hydrogen-bond acceptors (Lipinski definition) is 5. The fourth-order valence-electron chi connectivity index (χ4n) is 4.04. The van der Waals surface area contributed by atoms with Gasteiger partial charge in [0.1, 0.15) is 0 Å². The molecular formula is C31H25N3O3. The quantitative estimate of drug-likeness (QED) is 0.264. The second-order valence-corrected chi connectivity index (χ2v) is 8.51. The molecule has 0 fully saturated rings. The Morgan fingerprint density at radius 2 is 1.27 bits per heavy atom. The third kappa shape index (κ3) is 5.38. The zero-order chi connectivity index (χ0) is 25.6. The van der Waals surface area contributed by atoms with Crippen molar-refractivity contribution in [1.82, 2.24) is 9.97 Å². The molecule has 0 aliphatic rings. The number of rotatable bonds is 7. The van der Waals surface area contributed by atoms with Crippen molar-refractivity contribution in [3.63, 3.8) is 0 Å². The molecule has 6 nitrogen and oxygen atoms in total. The molecule has 5 aromatic rings. The summed E-state index contributed by atoms with van der Waals surface area (Å²) in [4.78, 5) is 35.5. The van der Waals surface area contributed by atoms with Gasteiger partial charge in [-0.05, 0) is 36.8 Å². The Kier molecular flexibility index (Phi) is 6.99. The van der Waals surface area contributed by atoms with Gasteiger partial charge in [0.25, 0.3) is 5.91 Å². The Bertz CT molecular complexity index is 1540. The van der Waals surface area contributed by atoms with E-state index in [1.54, 1.807) is 37.3 Å². The minimum atomic E-state index is -0.921. The van der Waals surface area contributed by atoms with Crippen molar-refractivity contribution in [2.24, 2.45) is 0 Å². The van der Waals surface area contributed by atoms with Gasteiger partial charge in [0.05, 0.1) is 28.0 Å². The molecule has 0 aliphatic carbocycles. The lowest BCUT2D eigenvalue weighted by Crippen LogP contribution is -2.32. The van der Waals surface area contributed by atoms with Crippen molar-refractivity contribution >= 4 is 28.6 Å². The number of anilines is 1. The monoisotopic (exact) mass is 487 g/mol. The first-order chi connectivity index (χ1) is 18.1. The summed E-state index contributed by atoms with van der Waals surface area (Å²) < 4.78 is 5.58. The fourth-order valence-corrected chi connectivity index (χ4v) is 4.04. The van der Waals surface area contributed by atoms with Crippen molar-refractivity contribution in [2.75, 3.05) is 5.32 Å². The van der Waals surface area contributed by atoms with Gasteiger partial charge in [0.2, 0.25) is 0 Å². The van der Waals surface area contributed by atoms with Crippen molar-refractivity contribution in [3.8, 4) is 22.5 Å². The highest BCUT2D eigenvalue weighted by Gasteiger charge is 2.23. The maximum Gasteiger partial charge on any atom is 0.338 e.